The Kier molecular flexibility index (Phi) is 9.04. The van der Waals surface area contributed by atoms with Crippen molar-refractivity contribution in [1.29, 1.82) is 0 Å². The summed E-state index contributed by atoms with van der Waals surface area (Å²) in [6.45, 7) is 1.03. The molecule has 3 rings (SSSR count). The SMILES string of the molecule is Cn1cnc2c1c(=O)n(CCCCCCCCCCC(=O)NCc1ccccc1)c(=O)n2C. The maximum atomic E-state index is 12.7. The van der Waals surface area contributed by atoms with Crippen LogP contribution < -0.4 is 16.6 Å². The summed E-state index contributed by atoms with van der Waals surface area (Å²) < 4.78 is 4.44. The number of aromatic nitrogens is 4. The lowest BCUT2D eigenvalue weighted by Gasteiger charge is -2.08. The summed E-state index contributed by atoms with van der Waals surface area (Å²) in [6, 6.07) is 9.94. The maximum Gasteiger partial charge on any atom is 0.332 e. The molecule has 0 unspecified atom stereocenters. The average Bonchev–Trinajstić information content (AvgIpc) is 3.21. The van der Waals surface area contributed by atoms with Crippen molar-refractivity contribution in [1.82, 2.24) is 24.0 Å². The molecule has 8 heteroatoms. The van der Waals surface area contributed by atoms with Gasteiger partial charge < -0.3 is 9.88 Å². The summed E-state index contributed by atoms with van der Waals surface area (Å²) in [5.41, 5.74) is 1.44. The number of hydrogen-bond acceptors (Lipinski definition) is 4. The number of imidazole rings is 1. The Morgan fingerprint density at radius 3 is 2.24 bits per heavy atom. The fourth-order valence-corrected chi connectivity index (χ4v) is 4.09. The fourth-order valence-electron chi connectivity index (χ4n) is 4.09. The Hall–Kier alpha value is -3.16. The van der Waals surface area contributed by atoms with Gasteiger partial charge in [-0.1, -0.05) is 68.9 Å². The van der Waals surface area contributed by atoms with E-state index in [1.165, 1.54) is 9.13 Å². The van der Waals surface area contributed by atoms with Crippen molar-refractivity contribution in [3.63, 3.8) is 0 Å². The Labute approximate surface area is 194 Å². The van der Waals surface area contributed by atoms with Gasteiger partial charge in [0, 0.05) is 33.6 Å². The largest absolute Gasteiger partial charge is 0.352 e. The minimum Gasteiger partial charge on any atom is -0.352 e. The molecule has 178 valence electrons. The number of carbonyl (C=O) groups excluding carboxylic acids is 1. The molecule has 1 N–H and O–H groups in total. The number of carbonyl (C=O) groups is 1. The van der Waals surface area contributed by atoms with Crippen molar-refractivity contribution in [2.45, 2.75) is 70.9 Å². The zero-order valence-electron chi connectivity index (χ0n) is 19.8. The van der Waals surface area contributed by atoms with Crippen molar-refractivity contribution in [3.8, 4) is 0 Å². The second-order valence-corrected chi connectivity index (χ2v) is 8.67. The third kappa shape index (κ3) is 6.66. The third-order valence-electron chi connectivity index (χ3n) is 6.07. The molecule has 0 fully saturated rings. The molecule has 0 saturated heterocycles. The van der Waals surface area contributed by atoms with Crippen LogP contribution in [0.15, 0.2) is 46.2 Å². The van der Waals surface area contributed by atoms with Gasteiger partial charge in [-0.15, -0.1) is 0 Å². The van der Waals surface area contributed by atoms with Crippen LogP contribution >= 0.6 is 0 Å². The summed E-state index contributed by atoms with van der Waals surface area (Å²) in [4.78, 5) is 41.2. The molecule has 1 amide bonds. The molecule has 8 nitrogen and oxygen atoms in total. The van der Waals surface area contributed by atoms with Crippen LogP contribution in [0.25, 0.3) is 11.2 Å². The molecule has 0 radical (unpaired) electrons. The number of aryl methyl sites for hydroxylation is 2. The minimum atomic E-state index is -0.306. The van der Waals surface area contributed by atoms with Gasteiger partial charge in [0.2, 0.25) is 5.91 Å². The van der Waals surface area contributed by atoms with Gasteiger partial charge in [0.15, 0.2) is 11.2 Å². The molecule has 3 aromatic rings. The predicted molar refractivity (Wildman–Crippen MR) is 130 cm³/mol. The van der Waals surface area contributed by atoms with Crippen LogP contribution in [0, 0.1) is 0 Å². The lowest BCUT2D eigenvalue weighted by atomic mass is 10.1. The molecular weight excluding hydrogens is 418 g/mol. The van der Waals surface area contributed by atoms with Crippen molar-refractivity contribution < 1.29 is 4.79 Å². The molecule has 0 aliphatic rings. The number of benzene rings is 1. The van der Waals surface area contributed by atoms with Crippen molar-refractivity contribution in [2.75, 3.05) is 0 Å². The van der Waals surface area contributed by atoms with E-state index in [-0.39, 0.29) is 17.2 Å². The van der Waals surface area contributed by atoms with Crippen LogP contribution in [0.2, 0.25) is 0 Å². The molecule has 0 aliphatic carbocycles. The Morgan fingerprint density at radius 1 is 0.909 bits per heavy atom. The van der Waals surface area contributed by atoms with E-state index in [2.05, 4.69) is 10.3 Å². The zero-order chi connectivity index (χ0) is 23.6. The van der Waals surface area contributed by atoms with Crippen molar-refractivity contribution in [3.05, 3.63) is 63.1 Å². The van der Waals surface area contributed by atoms with Crippen molar-refractivity contribution in [2.24, 2.45) is 14.1 Å². The second-order valence-electron chi connectivity index (χ2n) is 8.67. The first-order chi connectivity index (χ1) is 16.0. The third-order valence-corrected chi connectivity index (χ3v) is 6.07. The monoisotopic (exact) mass is 453 g/mol. The Bertz CT molecular complexity index is 1160. The van der Waals surface area contributed by atoms with E-state index in [0.29, 0.717) is 30.7 Å². The molecule has 2 heterocycles. The van der Waals surface area contributed by atoms with E-state index in [4.69, 9.17) is 0 Å². The van der Waals surface area contributed by atoms with Gasteiger partial charge in [-0.3, -0.25) is 18.7 Å². The van der Waals surface area contributed by atoms with E-state index in [0.717, 1.165) is 56.9 Å². The molecule has 0 aliphatic heterocycles. The van der Waals surface area contributed by atoms with E-state index in [1.54, 1.807) is 25.0 Å². The highest BCUT2D eigenvalue weighted by Crippen LogP contribution is 2.10. The van der Waals surface area contributed by atoms with E-state index in [9.17, 15) is 14.4 Å². The molecule has 33 heavy (non-hydrogen) atoms. The smallest absolute Gasteiger partial charge is 0.332 e. The van der Waals surface area contributed by atoms with Gasteiger partial charge in [0.05, 0.1) is 6.33 Å². The predicted octanol–water partition coefficient (Wildman–Crippen LogP) is 3.26. The lowest BCUT2D eigenvalue weighted by Crippen LogP contribution is -2.39. The highest BCUT2D eigenvalue weighted by atomic mass is 16.2. The molecule has 0 saturated carbocycles. The van der Waals surface area contributed by atoms with Gasteiger partial charge in [-0.25, -0.2) is 9.78 Å². The van der Waals surface area contributed by atoms with Crippen LogP contribution in [0.5, 0.6) is 0 Å². The molecule has 0 atom stereocenters. The normalized spacial score (nSPS) is 11.2. The molecular formula is C25H35N5O3. The summed E-state index contributed by atoms with van der Waals surface area (Å²) >= 11 is 0. The Balaban J connectivity index is 1.26. The number of nitrogens with zero attached hydrogens (tertiary/aromatic N) is 4. The Morgan fingerprint density at radius 2 is 1.55 bits per heavy atom. The summed E-state index contributed by atoms with van der Waals surface area (Å²) in [7, 11) is 3.42. The first kappa shape index (κ1) is 24.5. The highest BCUT2D eigenvalue weighted by Gasteiger charge is 2.14. The lowest BCUT2D eigenvalue weighted by molar-refractivity contribution is -0.121. The quantitative estimate of drug-likeness (QED) is 0.402. The van der Waals surface area contributed by atoms with Gasteiger partial charge >= 0.3 is 5.69 Å². The first-order valence-electron chi connectivity index (χ1n) is 11.9. The number of unbranched alkanes of at least 4 members (excludes halogenated alkanes) is 7. The number of amides is 1. The average molecular weight is 454 g/mol. The van der Waals surface area contributed by atoms with Gasteiger partial charge in [0.25, 0.3) is 5.56 Å². The summed E-state index contributed by atoms with van der Waals surface area (Å²) in [6.07, 6.45) is 10.4. The fraction of sp³-hybridized carbons (Fsp3) is 0.520. The van der Waals surface area contributed by atoms with Gasteiger partial charge in [0.1, 0.15) is 0 Å². The summed E-state index contributed by atoms with van der Waals surface area (Å²) in [5.74, 6) is 0.115. The van der Waals surface area contributed by atoms with Crippen LogP contribution in [-0.2, 0) is 32.0 Å². The number of fused-ring (bicyclic) bond motifs is 1. The molecule has 0 spiro atoms. The zero-order valence-corrected chi connectivity index (χ0v) is 19.8. The van der Waals surface area contributed by atoms with Crippen LogP contribution in [0.1, 0.15) is 63.4 Å². The van der Waals surface area contributed by atoms with E-state index in [1.807, 2.05) is 30.3 Å². The number of rotatable bonds is 13. The standard InChI is InChI=1S/C25H35N5O3/c1-28-19-27-23-22(28)24(32)30(25(33)29(23)2)17-13-8-6-4-3-5-7-12-16-21(31)26-18-20-14-10-9-11-15-20/h9-11,14-15,19H,3-8,12-13,16-18H2,1-2H3,(H,26,31). The maximum absolute atomic E-state index is 12.7. The van der Waals surface area contributed by atoms with E-state index < -0.39 is 0 Å². The van der Waals surface area contributed by atoms with Crippen LogP contribution in [0.3, 0.4) is 0 Å². The molecule has 0 bridgehead atoms. The van der Waals surface area contributed by atoms with Crippen LogP contribution in [0.4, 0.5) is 0 Å². The van der Waals surface area contributed by atoms with Crippen LogP contribution in [-0.4, -0.2) is 24.6 Å². The van der Waals surface area contributed by atoms with Gasteiger partial charge in [-0.05, 0) is 18.4 Å². The number of hydrogen-bond donors (Lipinski definition) is 1. The summed E-state index contributed by atoms with van der Waals surface area (Å²) in [5, 5.41) is 2.97. The molecule has 1 aromatic carbocycles. The topological polar surface area (TPSA) is 90.9 Å². The van der Waals surface area contributed by atoms with Crippen molar-refractivity contribution >= 4 is 17.1 Å². The number of nitrogens with one attached hydrogen (secondary N) is 1. The molecule has 2 aromatic heterocycles. The highest BCUT2D eigenvalue weighted by molar-refractivity contribution is 5.75. The van der Waals surface area contributed by atoms with Gasteiger partial charge in [-0.2, -0.15) is 0 Å². The van der Waals surface area contributed by atoms with E-state index >= 15 is 0 Å². The second kappa shape index (κ2) is 12.2. The minimum absolute atomic E-state index is 0.115. The first-order valence-corrected chi connectivity index (χ1v) is 11.9.